The molecular weight excluding hydrogens is 232 g/mol. The molecule has 0 saturated carbocycles. The zero-order valence-corrected chi connectivity index (χ0v) is 10.6. The summed E-state index contributed by atoms with van der Waals surface area (Å²) < 4.78 is 0. The van der Waals surface area contributed by atoms with Crippen LogP contribution in [0.3, 0.4) is 0 Å². The summed E-state index contributed by atoms with van der Waals surface area (Å²) in [4.78, 5) is 22.1. The summed E-state index contributed by atoms with van der Waals surface area (Å²) in [6.45, 7) is 3.69. The lowest BCUT2D eigenvalue weighted by Crippen LogP contribution is -2.29. The van der Waals surface area contributed by atoms with E-state index in [1.807, 2.05) is 6.92 Å². The number of nitrogens with one attached hydrogen (secondary N) is 1. The van der Waals surface area contributed by atoms with Crippen molar-refractivity contribution in [2.75, 3.05) is 5.32 Å². The molecular formula is C13H18N2O3. The van der Waals surface area contributed by atoms with E-state index < -0.39 is 17.9 Å². The number of primary amides is 1. The Balaban J connectivity index is 2.88. The van der Waals surface area contributed by atoms with Gasteiger partial charge in [0.05, 0.1) is 0 Å². The smallest absolute Gasteiger partial charge is 0.326 e. The quantitative estimate of drug-likeness (QED) is 0.717. The summed E-state index contributed by atoms with van der Waals surface area (Å²) in [6.07, 6.45) is 1.33. The molecule has 5 heteroatoms. The second kappa shape index (κ2) is 6.05. The second-order valence-corrected chi connectivity index (χ2v) is 4.22. The van der Waals surface area contributed by atoms with E-state index >= 15 is 0 Å². The largest absolute Gasteiger partial charge is 0.480 e. The van der Waals surface area contributed by atoms with Crippen LogP contribution in [0.2, 0.25) is 0 Å². The van der Waals surface area contributed by atoms with Gasteiger partial charge in [-0.2, -0.15) is 0 Å². The summed E-state index contributed by atoms with van der Waals surface area (Å²) in [5.74, 6) is -1.36. The minimum absolute atomic E-state index is 0.447. The third-order valence-electron chi connectivity index (χ3n) is 2.71. The number of hydrogen-bond donors (Lipinski definition) is 3. The van der Waals surface area contributed by atoms with Crippen LogP contribution in [-0.2, 0) is 4.79 Å². The average molecular weight is 250 g/mol. The first-order valence-electron chi connectivity index (χ1n) is 5.85. The Morgan fingerprint density at radius 3 is 2.56 bits per heavy atom. The van der Waals surface area contributed by atoms with Crippen LogP contribution in [0.4, 0.5) is 5.69 Å². The molecule has 1 unspecified atom stereocenters. The molecule has 1 rings (SSSR count). The lowest BCUT2D eigenvalue weighted by Gasteiger charge is -2.15. The van der Waals surface area contributed by atoms with Gasteiger partial charge in [0.15, 0.2) is 0 Å². The van der Waals surface area contributed by atoms with Crippen molar-refractivity contribution >= 4 is 17.6 Å². The molecule has 98 valence electrons. The topological polar surface area (TPSA) is 92.4 Å². The van der Waals surface area contributed by atoms with E-state index in [2.05, 4.69) is 5.32 Å². The van der Waals surface area contributed by atoms with Crippen LogP contribution in [0.25, 0.3) is 0 Å². The van der Waals surface area contributed by atoms with E-state index in [0.717, 1.165) is 12.0 Å². The highest BCUT2D eigenvalue weighted by molar-refractivity contribution is 5.94. The number of carboxylic acid groups (broad SMARTS) is 1. The van der Waals surface area contributed by atoms with Crippen LogP contribution >= 0.6 is 0 Å². The monoisotopic (exact) mass is 250 g/mol. The van der Waals surface area contributed by atoms with Crippen LogP contribution in [0.5, 0.6) is 0 Å². The number of carbonyl (C=O) groups excluding carboxylic acids is 1. The fourth-order valence-electron chi connectivity index (χ4n) is 1.78. The van der Waals surface area contributed by atoms with Gasteiger partial charge in [0.1, 0.15) is 6.04 Å². The molecule has 18 heavy (non-hydrogen) atoms. The standard InChI is InChI=1S/C13H18N2O3/c1-3-4-11(13(17)18)15-9-5-6-10(12(14)16)8(2)7-9/h5-7,11,15H,3-4H2,1-2H3,(H2,14,16)(H,17,18). The molecule has 5 nitrogen and oxygen atoms in total. The van der Waals surface area contributed by atoms with Gasteiger partial charge in [0.25, 0.3) is 0 Å². The van der Waals surface area contributed by atoms with Crippen molar-refractivity contribution in [1.82, 2.24) is 0 Å². The van der Waals surface area contributed by atoms with Crippen molar-refractivity contribution in [3.05, 3.63) is 29.3 Å². The Morgan fingerprint density at radius 1 is 1.44 bits per heavy atom. The lowest BCUT2D eigenvalue weighted by molar-refractivity contribution is -0.138. The maximum atomic E-state index is 11.1. The SMILES string of the molecule is CCCC(Nc1ccc(C(N)=O)c(C)c1)C(=O)O. The minimum Gasteiger partial charge on any atom is -0.480 e. The molecule has 0 fully saturated rings. The van der Waals surface area contributed by atoms with Gasteiger partial charge in [-0.1, -0.05) is 13.3 Å². The van der Waals surface area contributed by atoms with Crippen LogP contribution in [0.15, 0.2) is 18.2 Å². The Morgan fingerprint density at radius 2 is 2.11 bits per heavy atom. The number of carbonyl (C=O) groups is 2. The Hall–Kier alpha value is -2.04. The summed E-state index contributed by atoms with van der Waals surface area (Å²) in [5, 5.41) is 12.0. The molecule has 0 aliphatic heterocycles. The van der Waals surface area contributed by atoms with Gasteiger partial charge in [0, 0.05) is 11.3 Å². The maximum Gasteiger partial charge on any atom is 0.326 e. The Bertz CT molecular complexity index is 458. The highest BCUT2D eigenvalue weighted by Gasteiger charge is 2.16. The number of hydrogen-bond acceptors (Lipinski definition) is 3. The summed E-state index contributed by atoms with van der Waals surface area (Å²) in [7, 11) is 0. The van der Waals surface area contributed by atoms with E-state index in [0.29, 0.717) is 17.7 Å². The van der Waals surface area contributed by atoms with Crippen LogP contribution < -0.4 is 11.1 Å². The van der Waals surface area contributed by atoms with Crippen molar-refractivity contribution in [2.24, 2.45) is 5.73 Å². The number of benzene rings is 1. The van der Waals surface area contributed by atoms with Crippen LogP contribution in [0, 0.1) is 6.92 Å². The molecule has 1 aromatic carbocycles. The predicted molar refractivity (Wildman–Crippen MR) is 69.7 cm³/mol. The number of amides is 1. The third-order valence-corrected chi connectivity index (χ3v) is 2.71. The molecule has 1 amide bonds. The highest BCUT2D eigenvalue weighted by Crippen LogP contribution is 2.16. The summed E-state index contributed by atoms with van der Waals surface area (Å²) in [6, 6.07) is 4.38. The molecule has 1 aromatic rings. The molecule has 0 bridgehead atoms. The molecule has 0 heterocycles. The molecule has 0 spiro atoms. The fourth-order valence-corrected chi connectivity index (χ4v) is 1.78. The van der Waals surface area contributed by atoms with Crippen molar-refractivity contribution in [1.29, 1.82) is 0 Å². The molecule has 4 N–H and O–H groups in total. The van der Waals surface area contributed by atoms with Crippen molar-refractivity contribution in [3.8, 4) is 0 Å². The first kappa shape index (κ1) is 14.0. The average Bonchev–Trinajstić information content (AvgIpc) is 2.27. The molecule has 0 saturated heterocycles. The molecule has 0 radical (unpaired) electrons. The van der Waals surface area contributed by atoms with Crippen molar-refractivity contribution in [3.63, 3.8) is 0 Å². The maximum absolute atomic E-state index is 11.1. The van der Waals surface area contributed by atoms with E-state index in [1.54, 1.807) is 25.1 Å². The van der Waals surface area contributed by atoms with E-state index in [4.69, 9.17) is 10.8 Å². The van der Waals surface area contributed by atoms with Gasteiger partial charge in [-0.05, 0) is 37.1 Å². The van der Waals surface area contributed by atoms with E-state index in [9.17, 15) is 9.59 Å². The lowest BCUT2D eigenvalue weighted by atomic mass is 10.1. The first-order valence-corrected chi connectivity index (χ1v) is 5.85. The Labute approximate surface area is 106 Å². The third kappa shape index (κ3) is 3.48. The first-order chi connectivity index (χ1) is 8.45. The van der Waals surface area contributed by atoms with Gasteiger partial charge >= 0.3 is 5.97 Å². The normalized spacial score (nSPS) is 11.9. The number of aliphatic carboxylic acids is 1. The number of rotatable bonds is 6. The minimum atomic E-state index is -0.881. The molecule has 0 aliphatic rings. The zero-order chi connectivity index (χ0) is 13.7. The van der Waals surface area contributed by atoms with Crippen LogP contribution in [-0.4, -0.2) is 23.0 Å². The van der Waals surface area contributed by atoms with Crippen LogP contribution in [0.1, 0.15) is 35.7 Å². The number of carboxylic acids is 1. The van der Waals surface area contributed by atoms with Crippen molar-refractivity contribution < 1.29 is 14.7 Å². The summed E-state index contributed by atoms with van der Waals surface area (Å²) >= 11 is 0. The number of anilines is 1. The second-order valence-electron chi connectivity index (χ2n) is 4.22. The number of nitrogens with two attached hydrogens (primary N) is 1. The molecule has 0 aromatic heterocycles. The predicted octanol–water partition coefficient (Wildman–Crippen LogP) is 1.76. The van der Waals surface area contributed by atoms with E-state index in [1.165, 1.54) is 0 Å². The summed E-state index contributed by atoms with van der Waals surface area (Å²) in [5.41, 5.74) is 7.06. The van der Waals surface area contributed by atoms with E-state index in [-0.39, 0.29) is 0 Å². The van der Waals surface area contributed by atoms with Gasteiger partial charge in [0.2, 0.25) is 5.91 Å². The van der Waals surface area contributed by atoms with Crippen molar-refractivity contribution in [2.45, 2.75) is 32.7 Å². The van der Waals surface area contributed by atoms with Gasteiger partial charge in [-0.3, -0.25) is 4.79 Å². The molecule has 1 atom stereocenters. The Kier molecular flexibility index (Phi) is 4.71. The van der Waals surface area contributed by atoms with Gasteiger partial charge < -0.3 is 16.2 Å². The highest BCUT2D eigenvalue weighted by atomic mass is 16.4. The zero-order valence-electron chi connectivity index (χ0n) is 10.6. The fraction of sp³-hybridized carbons (Fsp3) is 0.385. The molecule has 0 aliphatic carbocycles. The van der Waals surface area contributed by atoms with Gasteiger partial charge in [-0.25, -0.2) is 4.79 Å². The van der Waals surface area contributed by atoms with Gasteiger partial charge in [-0.15, -0.1) is 0 Å². The number of aryl methyl sites for hydroxylation is 1.